The van der Waals surface area contributed by atoms with E-state index in [1.54, 1.807) is 12.1 Å². The molecule has 1 amide bonds. The summed E-state index contributed by atoms with van der Waals surface area (Å²) < 4.78 is 0. The molecule has 4 heteroatoms. The van der Waals surface area contributed by atoms with Gasteiger partial charge in [-0.3, -0.25) is 4.79 Å². The van der Waals surface area contributed by atoms with E-state index < -0.39 is 0 Å². The van der Waals surface area contributed by atoms with Crippen molar-refractivity contribution >= 4 is 17.3 Å². The van der Waals surface area contributed by atoms with E-state index in [4.69, 9.17) is 0 Å². The van der Waals surface area contributed by atoms with E-state index in [-0.39, 0.29) is 17.6 Å². The van der Waals surface area contributed by atoms with Crippen LogP contribution in [0.15, 0.2) is 59.7 Å². The van der Waals surface area contributed by atoms with Crippen molar-refractivity contribution in [3.63, 3.8) is 0 Å². The molecule has 0 aromatic heterocycles. The van der Waals surface area contributed by atoms with Gasteiger partial charge in [-0.1, -0.05) is 36.4 Å². The maximum Gasteiger partial charge on any atom is 0.256 e. The van der Waals surface area contributed by atoms with Crippen LogP contribution in [-0.4, -0.2) is 16.7 Å². The van der Waals surface area contributed by atoms with E-state index >= 15 is 0 Å². The van der Waals surface area contributed by atoms with Gasteiger partial charge in [-0.15, -0.1) is 0 Å². The summed E-state index contributed by atoms with van der Waals surface area (Å²) in [6.45, 7) is 1.85. The minimum atomic E-state index is -0.321. The van der Waals surface area contributed by atoms with Crippen molar-refractivity contribution in [2.75, 3.05) is 5.01 Å². The van der Waals surface area contributed by atoms with Gasteiger partial charge in [0.25, 0.3) is 5.91 Å². The van der Waals surface area contributed by atoms with Crippen LogP contribution in [-0.2, 0) is 11.2 Å². The monoisotopic (exact) mass is 280 g/mol. The fourth-order valence-corrected chi connectivity index (χ4v) is 2.50. The van der Waals surface area contributed by atoms with Crippen LogP contribution in [0.2, 0.25) is 0 Å². The second-order valence-electron chi connectivity index (χ2n) is 5.11. The Morgan fingerprint density at radius 2 is 1.76 bits per heavy atom. The zero-order valence-corrected chi connectivity index (χ0v) is 11.7. The number of anilines is 1. The number of nitrogens with zero attached hydrogens (tertiary/aromatic N) is 2. The number of carbonyl (C=O) groups excluding carboxylic acids is 1. The first-order valence-electron chi connectivity index (χ1n) is 6.88. The Morgan fingerprint density at radius 1 is 1.10 bits per heavy atom. The van der Waals surface area contributed by atoms with Crippen molar-refractivity contribution in [2.45, 2.75) is 13.3 Å². The molecule has 0 fully saturated rings. The Morgan fingerprint density at radius 3 is 2.48 bits per heavy atom. The van der Waals surface area contributed by atoms with Crippen LogP contribution < -0.4 is 5.01 Å². The van der Waals surface area contributed by atoms with E-state index in [1.165, 1.54) is 5.01 Å². The maximum absolute atomic E-state index is 12.6. The number of aromatic hydroxyl groups is 1. The molecule has 1 N–H and O–H groups in total. The zero-order valence-electron chi connectivity index (χ0n) is 11.7. The number of phenols is 1. The summed E-state index contributed by atoms with van der Waals surface area (Å²) in [5.41, 5.74) is 2.30. The van der Waals surface area contributed by atoms with Gasteiger partial charge >= 0.3 is 0 Å². The van der Waals surface area contributed by atoms with Gasteiger partial charge < -0.3 is 5.11 Å². The van der Waals surface area contributed by atoms with Crippen molar-refractivity contribution in [2.24, 2.45) is 11.0 Å². The third-order valence-electron chi connectivity index (χ3n) is 3.69. The maximum atomic E-state index is 12.6. The highest BCUT2D eigenvalue weighted by Gasteiger charge is 2.34. The summed E-state index contributed by atoms with van der Waals surface area (Å²) >= 11 is 0. The zero-order chi connectivity index (χ0) is 14.8. The molecule has 3 rings (SSSR count). The second kappa shape index (κ2) is 5.40. The van der Waals surface area contributed by atoms with Crippen LogP contribution in [0.4, 0.5) is 5.69 Å². The first-order chi connectivity index (χ1) is 10.2. The first kappa shape index (κ1) is 13.4. The van der Waals surface area contributed by atoms with Gasteiger partial charge in [0, 0.05) is 5.71 Å². The highest BCUT2D eigenvalue weighted by atomic mass is 16.3. The molecule has 0 spiro atoms. The Hall–Kier alpha value is -2.62. The number of hydrogen-bond donors (Lipinski definition) is 1. The van der Waals surface area contributed by atoms with Gasteiger partial charge in [0.1, 0.15) is 5.75 Å². The van der Waals surface area contributed by atoms with Gasteiger partial charge in [-0.25, -0.2) is 5.01 Å². The van der Waals surface area contributed by atoms with Crippen LogP contribution in [0.3, 0.4) is 0 Å². The molecule has 0 unspecified atom stereocenters. The Balaban J connectivity index is 1.85. The van der Waals surface area contributed by atoms with Crippen LogP contribution in [0, 0.1) is 5.92 Å². The smallest absolute Gasteiger partial charge is 0.256 e. The topological polar surface area (TPSA) is 52.9 Å². The van der Waals surface area contributed by atoms with E-state index in [1.807, 2.05) is 49.4 Å². The highest BCUT2D eigenvalue weighted by molar-refractivity contribution is 6.14. The number of para-hydroxylation sites is 2. The van der Waals surface area contributed by atoms with Crippen LogP contribution in [0.5, 0.6) is 5.75 Å². The standard InChI is InChI=1S/C17H16N2O2/c1-12-15(11-13-7-5-6-10-16(13)20)17(21)19(18-12)14-8-3-2-4-9-14/h2-10,15,20H,11H2,1H3/t15-/m1/s1. The van der Waals surface area contributed by atoms with Crippen molar-refractivity contribution < 1.29 is 9.90 Å². The molecule has 0 saturated carbocycles. The lowest BCUT2D eigenvalue weighted by Gasteiger charge is -2.14. The Kier molecular flexibility index (Phi) is 3.44. The highest BCUT2D eigenvalue weighted by Crippen LogP contribution is 2.28. The van der Waals surface area contributed by atoms with Gasteiger partial charge in [0.05, 0.1) is 11.6 Å². The number of amides is 1. The third-order valence-corrected chi connectivity index (χ3v) is 3.69. The first-order valence-corrected chi connectivity index (χ1v) is 6.88. The average molecular weight is 280 g/mol. The number of phenolic OH excluding ortho intramolecular Hbond substituents is 1. The molecule has 1 aliphatic rings. The summed E-state index contributed by atoms with van der Waals surface area (Å²) in [7, 11) is 0. The lowest BCUT2D eigenvalue weighted by Crippen LogP contribution is -2.28. The van der Waals surface area contributed by atoms with E-state index in [0.29, 0.717) is 6.42 Å². The summed E-state index contributed by atoms with van der Waals surface area (Å²) in [6.07, 6.45) is 0.462. The number of benzene rings is 2. The minimum absolute atomic E-state index is 0.0537. The van der Waals surface area contributed by atoms with Gasteiger partial charge in [-0.2, -0.15) is 5.10 Å². The lowest BCUT2D eigenvalue weighted by atomic mass is 9.95. The summed E-state index contributed by atoms with van der Waals surface area (Å²) in [5, 5.41) is 15.7. The van der Waals surface area contributed by atoms with Crippen LogP contribution in [0.25, 0.3) is 0 Å². The largest absolute Gasteiger partial charge is 0.508 e. The van der Waals surface area contributed by atoms with E-state index in [9.17, 15) is 9.90 Å². The Labute approximate surface area is 123 Å². The van der Waals surface area contributed by atoms with Gasteiger partial charge in [0.15, 0.2) is 0 Å². The second-order valence-corrected chi connectivity index (χ2v) is 5.11. The number of hydrogen-bond acceptors (Lipinski definition) is 3. The quantitative estimate of drug-likeness (QED) is 0.939. The molecule has 21 heavy (non-hydrogen) atoms. The molecule has 4 nitrogen and oxygen atoms in total. The van der Waals surface area contributed by atoms with Crippen molar-refractivity contribution in [1.82, 2.24) is 0 Å². The molecule has 0 aliphatic carbocycles. The van der Waals surface area contributed by atoms with Crippen LogP contribution >= 0.6 is 0 Å². The predicted octanol–water partition coefficient (Wildman–Crippen LogP) is 2.97. The number of hydrazone groups is 1. The minimum Gasteiger partial charge on any atom is -0.508 e. The fraction of sp³-hybridized carbons (Fsp3) is 0.176. The average Bonchev–Trinajstić information content (AvgIpc) is 2.78. The summed E-state index contributed by atoms with van der Waals surface area (Å²) in [5.74, 6) is -0.156. The van der Waals surface area contributed by atoms with Crippen molar-refractivity contribution in [3.8, 4) is 5.75 Å². The number of rotatable bonds is 3. The molecular weight excluding hydrogens is 264 g/mol. The van der Waals surface area contributed by atoms with Crippen LogP contribution in [0.1, 0.15) is 12.5 Å². The third kappa shape index (κ3) is 2.52. The van der Waals surface area contributed by atoms with Gasteiger partial charge in [0.2, 0.25) is 0 Å². The van der Waals surface area contributed by atoms with Gasteiger partial charge in [-0.05, 0) is 37.1 Å². The molecule has 106 valence electrons. The van der Waals surface area contributed by atoms with E-state index in [2.05, 4.69) is 5.10 Å². The fourth-order valence-electron chi connectivity index (χ4n) is 2.50. The lowest BCUT2D eigenvalue weighted by molar-refractivity contribution is -0.119. The molecule has 1 atom stereocenters. The molecule has 0 radical (unpaired) electrons. The van der Waals surface area contributed by atoms with Crippen molar-refractivity contribution in [3.05, 3.63) is 60.2 Å². The predicted molar refractivity (Wildman–Crippen MR) is 82.3 cm³/mol. The summed E-state index contributed by atoms with van der Waals surface area (Å²) in [6, 6.07) is 16.5. The normalized spacial score (nSPS) is 18.0. The summed E-state index contributed by atoms with van der Waals surface area (Å²) in [4.78, 5) is 12.6. The molecule has 0 bridgehead atoms. The Bertz CT molecular complexity index is 695. The number of carbonyl (C=O) groups is 1. The van der Waals surface area contributed by atoms with Crippen molar-refractivity contribution in [1.29, 1.82) is 0 Å². The molecule has 1 heterocycles. The molecule has 0 saturated heterocycles. The molecular formula is C17H16N2O2. The molecule has 2 aromatic rings. The molecule has 2 aromatic carbocycles. The molecule has 1 aliphatic heterocycles. The SMILES string of the molecule is CC1=NN(c2ccccc2)C(=O)[C@@H]1Cc1ccccc1O. The van der Waals surface area contributed by atoms with E-state index in [0.717, 1.165) is 17.0 Å².